The van der Waals surface area contributed by atoms with E-state index in [2.05, 4.69) is 11.2 Å². The third-order valence-electron chi connectivity index (χ3n) is 2.87. The molecule has 1 heterocycles. The van der Waals surface area contributed by atoms with Crippen LogP contribution in [0.2, 0.25) is 0 Å². The molecule has 0 unspecified atom stereocenters. The highest BCUT2D eigenvalue weighted by atomic mass is 15.3. The molecule has 0 bridgehead atoms. The number of nitrogens with zero attached hydrogens (tertiary/aromatic N) is 3. The number of nitrogens with two attached hydrogens (primary N) is 1. The summed E-state index contributed by atoms with van der Waals surface area (Å²) >= 11 is 0. The Bertz CT molecular complexity index is 765. The van der Waals surface area contributed by atoms with Crippen LogP contribution in [-0.2, 0) is 0 Å². The molecule has 1 aromatic heterocycles. The molecule has 0 spiro atoms. The summed E-state index contributed by atoms with van der Waals surface area (Å²) in [6.07, 6.45) is 0. The highest BCUT2D eigenvalue weighted by molar-refractivity contribution is 5.90. The van der Waals surface area contributed by atoms with Crippen LogP contribution in [0.1, 0.15) is 5.56 Å². The Kier molecular flexibility index (Phi) is 2.24. The van der Waals surface area contributed by atoms with Crippen molar-refractivity contribution in [1.29, 1.82) is 5.26 Å². The van der Waals surface area contributed by atoms with Crippen molar-refractivity contribution >= 4 is 16.7 Å². The molecular weight excluding hydrogens is 224 g/mol. The monoisotopic (exact) mass is 234 g/mol. The van der Waals surface area contributed by atoms with Crippen molar-refractivity contribution < 1.29 is 0 Å². The summed E-state index contributed by atoms with van der Waals surface area (Å²) in [5, 5.41) is 14.3. The lowest BCUT2D eigenvalue weighted by Gasteiger charge is -2.04. The highest BCUT2D eigenvalue weighted by Crippen LogP contribution is 2.24. The molecule has 3 rings (SSSR count). The van der Waals surface area contributed by atoms with Gasteiger partial charge in [0.2, 0.25) is 0 Å². The maximum absolute atomic E-state index is 9.14. The first-order valence-electron chi connectivity index (χ1n) is 5.54. The van der Waals surface area contributed by atoms with Gasteiger partial charge in [-0.15, -0.1) is 5.10 Å². The van der Waals surface area contributed by atoms with Gasteiger partial charge in [0.1, 0.15) is 6.07 Å². The van der Waals surface area contributed by atoms with Gasteiger partial charge in [-0.1, -0.05) is 24.3 Å². The van der Waals surface area contributed by atoms with Gasteiger partial charge in [-0.2, -0.15) is 5.26 Å². The Morgan fingerprint density at radius 3 is 2.61 bits per heavy atom. The Morgan fingerprint density at radius 1 is 1.06 bits per heavy atom. The molecule has 4 heteroatoms. The molecule has 3 aromatic rings. The minimum atomic E-state index is 0.471. The van der Waals surface area contributed by atoms with E-state index >= 15 is 0 Å². The van der Waals surface area contributed by atoms with E-state index in [0.717, 1.165) is 16.6 Å². The summed E-state index contributed by atoms with van der Waals surface area (Å²) in [6, 6.07) is 17.2. The Hall–Kier alpha value is -2.80. The minimum absolute atomic E-state index is 0.471. The smallest absolute Gasteiger partial charge is 0.153 e. The van der Waals surface area contributed by atoms with Crippen molar-refractivity contribution in [2.45, 2.75) is 0 Å². The van der Waals surface area contributed by atoms with Crippen LogP contribution in [0, 0.1) is 11.3 Å². The van der Waals surface area contributed by atoms with Gasteiger partial charge in [0, 0.05) is 5.39 Å². The van der Waals surface area contributed by atoms with Crippen molar-refractivity contribution in [3.63, 3.8) is 0 Å². The van der Waals surface area contributed by atoms with E-state index < -0.39 is 0 Å². The van der Waals surface area contributed by atoms with Gasteiger partial charge < -0.3 is 5.73 Å². The maximum Gasteiger partial charge on any atom is 0.153 e. The van der Waals surface area contributed by atoms with Crippen molar-refractivity contribution in [3.05, 3.63) is 54.1 Å². The lowest BCUT2D eigenvalue weighted by Crippen LogP contribution is -1.99. The zero-order valence-corrected chi connectivity index (χ0v) is 9.54. The Balaban J connectivity index is 2.36. The average molecular weight is 234 g/mol. The number of hydrogen-bond acceptors (Lipinski definition) is 3. The number of para-hydroxylation sites is 2. The first-order valence-corrected chi connectivity index (χ1v) is 5.54. The van der Waals surface area contributed by atoms with Crippen LogP contribution >= 0.6 is 0 Å². The largest absolute Gasteiger partial charge is 0.382 e. The number of nitriles is 1. The molecular formula is C14H10N4. The van der Waals surface area contributed by atoms with Gasteiger partial charge in [-0.25, -0.2) is 4.68 Å². The lowest BCUT2D eigenvalue weighted by atomic mass is 10.2. The van der Waals surface area contributed by atoms with Gasteiger partial charge in [0.05, 0.1) is 16.8 Å². The summed E-state index contributed by atoms with van der Waals surface area (Å²) in [4.78, 5) is 0. The van der Waals surface area contributed by atoms with Crippen LogP contribution < -0.4 is 5.73 Å². The van der Waals surface area contributed by atoms with E-state index in [4.69, 9.17) is 11.0 Å². The Labute approximate surface area is 104 Å². The van der Waals surface area contributed by atoms with Gasteiger partial charge in [-0.3, -0.25) is 0 Å². The minimum Gasteiger partial charge on any atom is -0.382 e. The fourth-order valence-electron chi connectivity index (χ4n) is 2.03. The molecule has 0 amide bonds. The third kappa shape index (κ3) is 1.42. The number of hydrogen-bond donors (Lipinski definition) is 1. The summed E-state index contributed by atoms with van der Waals surface area (Å²) in [6.45, 7) is 0. The molecule has 0 saturated heterocycles. The number of aromatic nitrogens is 2. The molecule has 0 aliphatic heterocycles. The van der Waals surface area contributed by atoms with Crippen LogP contribution in [0.3, 0.4) is 0 Å². The third-order valence-corrected chi connectivity index (χ3v) is 2.87. The SMILES string of the molecule is N#Cc1ccccc1-n1nc(N)c2ccccc21. The van der Waals surface area contributed by atoms with Crippen molar-refractivity contribution in [2.24, 2.45) is 0 Å². The summed E-state index contributed by atoms with van der Waals surface area (Å²) in [5.74, 6) is 0.471. The van der Waals surface area contributed by atoms with Gasteiger partial charge in [0.15, 0.2) is 5.82 Å². The average Bonchev–Trinajstić information content (AvgIpc) is 2.77. The first kappa shape index (κ1) is 10.4. The second kappa shape index (κ2) is 3.90. The summed E-state index contributed by atoms with van der Waals surface area (Å²) < 4.78 is 1.71. The number of rotatable bonds is 1. The van der Waals surface area contributed by atoms with E-state index in [-0.39, 0.29) is 0 Å². The maximum atomic E-state index is 9.14. The molecule has 4 nitrogen and oxygen atoms in total. The zero-order chi connectivity index (χ0) is 12.5. The van der Waals surface area contributed by atoms with E-state index in [9.17, 15) is 0 Å². The van der Waals surface area contributed by atoms with Gasteiger partial charge in [-0.05, 0) is 24.3 Å². The predicted molar refractivity (Wildman–Crippen MR) is 70.2 cm³/mol. The quantitative estimate of drug-likeness (QED) is 0.703. The summed E-state index contributed by atoms with van der Waals surface area (Å²) in [5.41, 5.74) is 8.11. The second-order valence-electron chi connectivity index (χ2n) is 3.94. The van der Waals surface area contributed by atoms with Crippen molar-refractivity contribution in [1.82, 2.24) is 9.78 Å². The number of benzene rings is 2. The van der Waals surface area contributed by atoms with E-state index in [1.54, 1.807) is 10.7 Å². The van der Waals surface area contributed by atoms with Crippen molar-refractivity contribution in [2.75, 3.05) is 5.73 Å². The van der Waals surface area contributed by atoms with Crippen LogP contribution in [0.5, 0.6) is 0 Å². The van der Waals surface area contributed by atoms with Crippen LogP contribution in [0.25, 0.3) is 16.6 Å². The fourth-order valence-corrected chi connectivity index (χ4v) is 2.03. The fraction of sp³-hybridized carbons (Fsp3) is 0. The molecule has 0 fully saturated rings. The number of anilines is 1. The van der Waals surface area contributed by atoms with Crippen LogP contribution in [-0.4, -0.2) is 9.78 Å². The molecule has 18 heavy (non-hydrogen) atoms. The number of nitrogen functional groups attached to an aromatic ring is 1. The van der Waals surface area contributed by atoms with Gasteiger partial charge >= 0.3 is 0 Å². The van der Waals surface area contributed by atoms with Gasteiger partial charge in [0.25, 0.3) is 0 Å². The topological polar surface area (TPSA) is 67.6 Å². The lowest BCUT2D eigenvalue weighted by molar-refractivity contribution is 0.913. The van der Waals surface area contributed by atoms with Crippen LogP contribution in [0.4, 0.5) is 5.82 Å². The zero-order valence-electron chi connectivity index (χ0n) is 9.54. The standard InChI is InChI=1S/C14H10N4/c15-9-10-5-1-3-7-12(10)18-13-8-4-2-6-11(13)14(16)17-18/h1-8H,(H2,16,17). The molecule has 86 valence electrons. The highest BCUT2D eigenvalue weighted by Gasteiger charge is 2.11. The molecule has 0 radical (unpaired) electrons. The van der Waals surface area contributed by atoms with Crippen molar-refractivity contribution in [3.8, 4) is 11.8 Å². The second-order valence-corrected chi connectivity index (χ2v) is 3.94. The summed E-state index contributed by atoms with van der Waals surface area (Å²) in [7, 11) is 0. The van der Waals surface area contributed by atoms with Crippen LogP contribution in [0.15, 0.2) is 48.5 Å². The molecule has 2 aromatic carbocycles. The van der Waals surface area contributed by atoms with E-state index in [1.807, 2.05) is 42.5 Å². The first-order chi connectivity index (χ1) is 8.81. The molecule has 2 N–H and O–H groups in total. The normalized spacial score (nSPS) is 10.4. The molecule has 0 atom stereocenters. The molecule has 0 aliphatic carbocycles. The number of fused-ring (bicyclic) bond motifs is 1. The predicted octanol–water partition coefficient (Wildman–Crippen LogP) is 2.48. The molecule has 0 aliphatic rings. The van der Waals surface area contributed by atoms with E-state index in [1.165, 1.54) is 0 Å². The molecule has 0 saturated carbocycles. The van der Waals surface area contributed by atoms with E-state index in [0.29, 0.717) is 11.4 Å². The Morgan fingerprint density at radius 2 is 1.78 bits per heavy atom.